The van der Waals surface area contributed by atoms with Crippen molar-refractivity contribution >= 4 is 21.9 Å². The molecule has 4 nitrogen and oxygen atoms in total. The molecule has 17 heavy (non-hydrogen) atoms. The molecule has 0 radical (unpaired) electrons. The van der Waals surface area contributed by atoms with Gasteiger partial charge in [0.1, 0.15) is 0 Å². The molecule has 2 rings (SSSR count). The summed E-state index contributed by atoms with van der Waals surface area (Å²) in [6.45, 7) is 5.26. The summed E-state index contributed by atoms with van der Waals surface area (Å²) in [5.41, 5.74) is 0.944. The molecular formula is C12H18BrN3O. The lowest BCUT2D eigenvalue weighted by atomic mass is 10.1. The maximum absolute atomic E-state index is 5.20. The van der Waals surface area contributed by atoms with Gasteiger partial charge in [-0.05, 0) is 19.3 Å². The smallest absolute Gasteiger partial charge is 0.229 e. The van der Waals surface area contributed by atoms with E-state index in [9.17, 15) is 0 Å². The van der Waals surface area contributed by atoms with E-state index in [2.05, 4.69) is 37.7 Å². The van der Waals surface area contributed by atoms with E-state index in [0.717, 1.165) is 23.5 Å². The number of aromatic nitrogens is 2. The van der Waals surface area contributed by atoms with Crippen LogP contribution in [0.25, 0.3) is 0 Å². The highest BCUT2D eigenvalue weighted by molar-refractivity contribution is 9.09. The molecule has 1 saturated heterocycles. The van der Waals surface area contributed by atoms with E-state index in [1.54, 1.807) is 7.11 Å². The fourth-order valence-electron chi connectivity index (χ4n) is 2.25. The molecule has 0 saturated carbocycles. The summed E-state index contributed by atoms with van der Waals surface area (Å²) in [6.07, 6.45) is 1.19. The topological polar surface area (TPSA) is 38.2 Å². The van der Waals surface area contributed by atoms with Gasteiger partial charge in [0.25, 0.3) is 0 Å². The van der Waals surface area contributed by atoms with Crippen molar-refractivity contribution in [2.24, 2.45) is 5.92 Å². The molecule has 2 unspecified atom stereocenters. The summed E-state index contributed by atoms with van der Waals surface area (Å²) in [5.74, 6) is 2.10. The number of halogens is 1. The first-order chi connectivity index (χ1) is 8.15. The van der Waals surface area contributed by atoms with Crippen LogP contribution in [0, 0.1) is 12.8 Å². The molecule has 0 aromatic carbocycles. The summed E-state index contributed by atoms with van der Waals surface area (Å²) in [6, 6.07) is 2.33. The van der Waals surface area contributed by atoms with E-state index in [-0.39, 0.29) is 0 Å². The van der Waals surface area contributed by atoms with E-state index in [4.69, 9.17) is 4.74 Å². The van der Waals surface area contributed by atoms with Crippen LogP contribution in [0.4, 0.5) is 5.95 Å². The van der Waals surface area contributed by atoms with Crippen LogP contribution in [0.15, 0.2) is 6.07 Å². The summed E-state index contributed by atoms with van der Waals surface area (Å²) < 4.78 is 5.20. The van der Waals surface area contributed by atoms with Crippen molar-refractivity contribution in [1.82, 2.24) is 9.97 Å². The Morgan fingerprint density at radius 1 is 1.53 bits per heavy atom. The Kier molecular flexibility index (Phi) is 3.86. The zero-order chi connectivity index (χ0) is 12.4. The van der Waals surface area contributed by atoms with Crippen LogP contribution < -0.4 is 9.64 Å². The van der Waals surface area contributed by atoms with Crippen LogP contribution >= 0.6 is 15.9 Å². The average molecular weight is 300 g/mol. The SMILES string of the molecule is COc1cc(C)nc(N2CCC(C)C2CBr)n1. The number of rotatable bonds is 3. The van der Waals surface area contributed by atoms with E-state index in [1.807, 2.05) is 13.0 Å². The molecule has 1 aromatic heterocycles. The van der Waals surface area contributed by atoms with Crippen molar-refractivity contribution in [3.63, 3.8) is 0 Å². The van der Waals surface area contributed by atoms with Crippen LogP contribution in [-0.2, 0) is 0 Å². The first-order valence-corrected chi connectivity index (χ1v) is 7.00. The number of alkyl halides is 1. The van der Waals surface area contributed by atoms with E-state index in [0.29, 0.717) is 17.8 Å². The second-order valence-electron chi connectivity index (χ2n) is 4.53. The molecule has 2 atom stereocenters. The average Bonchev–Trinajstić information content (AvgIpc) is 2.69. The minimum absolute atomic E-state index is 0.474. The molecule has 0 N–H and O–H groups in total. The summed E-state index contributed by atoms with van der Waals surface area (Å²) in [5, 5.41) is 0.952. The molecule has 1 aromatic rings. The predicted molar refractivity (Wildman–Crippen MR) is 72.0 cm³/mol. The minimum Gasteiger partial charge on any atom is -0.481 e. The van der Waals surface area contributed by atoms with Crippen LogP contribution in [0.2, 0.25) is 0 Å². The van der Waals surface area contributed by atoms with Crippen molar-refractivity contribution < 1.29 is 4.74 Å². The molecule has 0 amide bonds. The fraction of sp³-hybridized carbons (Fsp3) is 0.667. The highest BCUT2D eigenvalue weighted by Gasteiger charge is 2.32. The number of nitrogens with zero attached hydrogens (tertiary/aromatic N) is 3. The van der Waals surface area contributed by atoms with Crippen molar-refractivity contribution in [3.8, 4) is 5.88 Å². The highest BCUT2D eigenvalue weighted by Crippen LogP contribution is 2.29. The molecule has 1 aliphatic rings. The Hall–Kier alpha value is -0.840. The van der Waals surface area contributed by atoms with Crippen LogP contribution in [0.3, 0.4) is 0 Å². The van der Waals surface area contributed by atoms with Crippen LogP contribution in [-0.4, -0.2) is 35.0 Å². The number of hydrogen-bond donors (Lipinski definition) is 0. The fourth-order valence-corrected chi connectivity index (χ4v) is 3.24. The van der Waals surface area contributed by atoms with Crippen molar-refractivity contribution in [2.75, 3.05) is 23.9 Å². The lowest BCUT2D eigenvalue weighted by Gasteiger charge is -2.25. The minimum atomic E-state index is 0.474. The van der Waals surface area contributed by atoms with Crippen LogP contribution in [0.1, 0.15) is 19.0 Å². The van der Waals surface area contributed by atoms with Gasteiger partial charge >= 0.3 is 0 Å². The monoisotopic (exact) mass is 299 g/mol. The summed E-state index contributed by atoms with van der Waals surface area (Å²) in [4.78, 5) is 11.2. The molecule has 0 aliphatic carbocycles. The third-order valence-electron chi connectivity index (χ3n) is 3.33. The Labute approximate surface area is 111 Å². The predicted octanol–water partition coefficient (Wildman–Crippen LogP) is 2.40. The molecule has 2 heterocycles. The van der Waals surface area contributed by atoms with E-state index in [1.165, 1.54) is 6.42 Å². The van der Waals surface area contributed by atoms with Gasteiger partial charge in [0.2, 0.25) is 11.8 Å². The number of aryl methyl sites for hydroxylation is 1. The quantitative estimate of drug-likeness (QED) is 0.804. The number of methoxy groups -OCH3 is 1. The maximum atomic E-state index is 5.20. The number of anilines is 1. The molecule has 1 aliphatic heterocycles. The molecule has 94 valence electrons. The maximum Gasteiger partial charge on any atom is 0.229 e. The molecule has 5 heteroatoms. The van der Waals surface area contributed by atoms with Gasteiger partial charge < -0.3 is 9.64 Å². The first kappa shape index (κ1) is 12.6. The zero-order valence-electron chi connectivity index (χ0n) is 10.5. The van der Waals surface area contributed by atoms with Gasteiger partial charge in [-0.1, -0.05) is 22.9 Å². The van der Waals surface area contributed by atoms with Gasteiger partial charge in [-0.2, -0.15) is 4.98 Å². The lowest BCUT2D eigenvalue weighted by Crippen LogP contribution is -2.34. The van der Waals surface area contributed by atoms with Gasteiger partial charge in [-0.15, -0.1) is 0 Å². The zero-order valence-corrected chi connectivity index (χ0v) is 12.1. The Balaban J connectivity index is 2.30. The highest BCUT2D eigenvalue weighted by atomic mass is 79.9. The van der Waals surface area contributed by atoms with Gasteiger partial charge in [0.15, 0.2) is 0 Å². The van der Waals surface area contributed by atoms with Gasteiger partial charge in [0.05, 0.1) is 7.11 Å². The van der Waals surface area contributed by atoms with Crippen LogP contribution in [0.5, 0.6) is 5.88 Å². The summed E-state index contributed by atoms with van der Waals surface area (Å²) >= 11 is 3.58. The van der Waals surface area contributed by atoms with Gasteiger partial charge in [-0.25, -0.2) is 4.98 Å². The van der Waals surface area contributed by atoms with E-state index >= 15 is 0 Å². The Morgan fingerprint density at radius 3 is 2.94 bits per heavy atom. The van der Waals surface area contributed by atoms with Crippen molar-refractivity contribution in [2.45, 2.75) is 26.3 Å². The van der Waals surface area contributed by atoms with Crippen molar-refractivity contribution in [3.05, 3.63) is 11.8 Å². The normalized spacial score (nSPS) is 24.1. The number of ether oxygens (including phenoxy) is 1. The van der Waals surface area contributed by atoms with Gasteiger partial charge in [0, 0.05) is 29.7 Å². The third-order valence-corrected chi connectivity index (χ3v) is 3.99. The lowest BCUT2D eigenvalue weighted by molar-refractivity contribution is 0.396. The third kappa shape index (κ3) is 2.54. The number of hydrogen-bond acceptors (Lipinski definition) is 4. The molecule has 1 fully saturated rings. The Morgan fingerprint density at radius 2 is 2.29 bits per heavy atom. The Bertz CT molecular complexity index is 399. The molecular weight excluding hydrogens is 282 g/mol. The second kappa shape index (κ2) is 5.21. The summed E-state index contributed by atoms with van der Waals surface area (Å²) in [7, 11) is 1.64. The van der Waals surface area contributed by atoms with Crippen molar-refractivity contribution in [1.29, 1.82) is 0 Å². The first-order valence-electron chi connectivity index (χ1n) is 5.88. The molecule has 0 spiro atoms. The van der Waals surface area contributed by atoms with E-state index < -0.39 is 0 Å². The molecule has 0 bridgehead atoms. The second-order valence-corrected chi connectivity index (χ2v) is 5.18. The standard InChI is InChI=1S/C12H18BrN3O/c1-8-4-5-16(10(8)7-13)12-14-9(2)6-11(15-12)17-3/h6,8,10H,4-5,7H2,1-3H3. The van der Waals surface area contributed by atoms with Gasteiger partial charge in [-0.3, -0.25) is 0 Å². The largest absolute Gasteiger partial charge is 0.481 e.